The summed E-state index contributed by atoms with van der Waals surface area (Å²) in [4.78, 5) is 20.1. The molecule has 0 bridgehead atoms. The molecule has 2 aromatic rings. The lowest BCUT2D eigenvalue weighted by Gasteiger charge is -2.08. The highest BCUT2D eigenvalue weighted by Crippen LogP contribution is 2.10. The second-order valence-corrected chi connectivity index (χ2v) is 4.79. The van der Waals surface area contributed by atoms with Crippen LogP contribution in [-0.4, -0.2) is 22.4 Å². The highest BCUT2D eigenvalue weighted by Gasteiger charge is 2.06. The van der Waals surface area contributed by atoms with Crippen molar-refractivity contribution in [1.82, 2.24) is 15.3 Å². The van der Waals surface area contributed by atoms with Gasteiger partial charge < -0.3 is 10.6 Å². The van der Waals surface area contributed by atoms with Crippen molar-refractivity contribution in [1.29, 1.82) is 0 Å². The predicted molar refractivity (Wildman–Crippen MR) is 83.0 cm³/mol. The predicted octanol–water partition coefficient (Wildman–Crippen LogP) is 2.62. The van der Waals surface area contributed by atoms with Crippen molar-refractivity contribution < 1.29 is 4.79 Å². The first kappa shape index (κ1) is 15.0. The minimum atomic E-state index is -0.0824. The summed E-state index contributed by atoms with van der Waals surface area (Å²) in [5.41, 5.74) is 2.47. The van der Waals surface area contributed by atoms with E-state index in [-0.39, 0.29) is 5.91 Å². The maximum atomic E-state index is 12.0. The number of anilines is 1. The highest BCUT2D eigenvalue weighted by atomic mass is 16.1. The number of aromatic nitrogens is 2. The molecule has 0 aliphatic carbocycles. The van der Waals surface area contributed by atoms with Gasteiger partial charge in [-0.1, -0.05) is 19.4 Å². The van der Waals surface area contributed by atoms with E-state index < -0.39 is 0 Å². The molecule has 0 aliphatic heterocycles. The zero-order valence-corrected chi connectivity index (χ0v) is 12.2. The normalized spacial score (nSPS) is 10.1. The lowest BCUT2D eigenvalue weighted by atomic mass is 10.2. The Morgan fingerprint density at radius 1 is 1.24 bits per heavy atom. The number of hydrogen-bond donors (Lipinski definition) is 2. The Labute approximate surface area is 124 Å². The molecule has 21 heavy (non-hydrogen) atoms. The van der Waals surface area contributed by atoms with Crippen molar-refractivity contribution >= 4 is 11.6 Å². The first-order chi connectivity index (χ1) is 10.3. The number of rotatable bonds is 7. The number of pyridine rings is 2. The van der Waals surface area contributed by atoms with Gasteiger partial charge in [0.25, 0.3) is 5.91 Å². The van der Waals surface area contributed by atoms with E-state index in [9.17, 15) is 4.79 Å². The molecule has 0 atom stereocenters. The van der Waals surface area contributed by atoms with E-state index in [2.05, 4.69) is 27.5 Å². The number of unbranched alkanes of at least 4 members (excludes halogenated alkanes) is 1. The van der Waals surface area contributed by atoms with Crippen molar-refractivity contribution in [3.05, 3.63) is 54.1 Å². The molecule has 5 nitrogen and oxygen atoms in total. The topological polar surface area (TPSA) is 66.9 Å². The van der Waals surface area contributed by atoms with Gasteiger partial charge in [-0.25, -0.2) is 0 Å². The monoisotopic (exact) mass is 284 g/mol. The molecule has 1 amide bonds. The molecular weight excluding hydrogens is 264 g/mol. The maximum absolute atomic E-state index is 12.0. The van der Waals surface area contributed by atoms with Gasteiger partial charge in [0.1, 0.15) is 0 Å². The molecule has 2 heterocycles. The summed E-state index contributed by atoms with van der Waals surface area (Å²) in [7, 11) is 0. The molecule has 0 saturated heterocycles. The molecule has 0 radical (unpaired) electrons. The Balaban J connectivity index is 1.92. The molecule has 0 aromatic carbocycles. The number of amides is 1. The lowest BCUT2D eigenvalue weighted by Crippen LogP contribution is -2.24. The number of carbonyl (C=O) groups is 1. The van der Waals surface area contributed by atoms with E-state index in [0.29, 0.717) is 18.7 Å². The Morgan fingerprint density at radius 2 is 2.14 bits per heavy atom. The van der Waals surface area contributed by atoms with Gasteiger partial charge in [-0.3, -0.25) is 14.8 Å². The number of carbonyl (C=O) groups excluding carboxylic acids is 1. The number of nitrogens with zero attached hydrogens (tertiary/aromatic N) is 2. The minimum Gasteiger partial charge on any atom is -0.380 e. The minimum absolute atomic E-state index is 0.0824. The zero-order chi connectivity index (χ0) is 14.9. The molecule has 0 spiro atoms. The van der Waals surface area contributed by atoms with Gasteiger partial charge in [-0.15, -0.1) is 0 Å². The van der Waals surface area contributed by atoms with Crippen LogP contribution >= 0.6 is 0 Å². The second kappa shape index (κ2) is 7.99. The molecule has 2 aromatic heterocycles. The van der Waals surface area contributed by atoms with Crippen LogP contribution in [0.15, 0.2) is 43.0 Å². The van der Waals surface area contributed by atoms with E-state index in [1.807, 2.05) is 24.4 Å². The third-order valence-electron chi connectivity index (χ3n) is 3.04. The first-order valence-corrected chi connectivity index (χ1v) is 7.15. The Bertz CT molecular complexity index is 571. The summed E-state index contributed by atoms with van der Waals surface area (Å²) in [5, 5.41) is 6.13. The van der Waals surface area contributed by atoms with Gasteiger partial charge in [0, 0.05) is 37.9 Å². The SMILES string of the molecule is CCCCNC(=O)c1cncc(NCc2cccnc2)c1. The average Bonchev–Trinajstić information content (AvgIpc) is 2.54. The smallest absolute Gasteiger partial charge is 0.252 e. The van der Waals surface area contributed by atoms with Crippen LogP contribution < -0.4 is 10.6 Å². The van der Waals surface area contributed by atoms with Crippen LogP contribution in [0.25, 0.3) is 0 Å². The molecule has 0 aliphatic rings. The Kier molecular flexibility index (Phi) is 5.70. The molecule has 110 valence electrons. The summed E-state index contributed by atoms with van der Waals surface area (Å²) >= 11 is 0. The lowest BCUT2D eigenvalue weighted by molar-refractivity contribution is 0.0953. The summed E-state index contributed by atoms with van der Waals surface area (Å²) < 4.78 is 0. The summed E-state index contributed by atoms with van der Waals surface area (Å²) in [6.45, 7) is 3.44. The van der Waals surface area contributed by atoms with Crippen molar-refractivity contribution in [2.45, 2.75) is 26.3 Å². The van der Waals surface area contributed by atoms with E-state index in [1.54, 1.807) is 18.6 Å². The van der Waals surface area contributed by atoms with E-state index >= 15 is 0 Å². The zero-order valence-electron chi connectivity index (χ0n) is 12.2. The van der Waals surface area contributed by atoms with Crippen LogP contribution in [0, 0.1) is 0 Å². The van der Waals surface area contributed by atoms with Gasteiger partial charge in [0.2, 0.25) is 0 Å². The molecule has 5 heteroatoms. The second-order valence-electron chi connectivity index (χ2n) is 4.79. The van der Waals surface area contributed by atoms with Crippen LogP contribution in [0.4, 0.5) is 5.69 Å². The summed E-state index contributed by atoms with van der Waals surface area (Å²) in [5.74, 6) is -0.0824. The average molecular weight is 284 g/mol. The van der Waals surface area contributed by atoms with E-state index in [4.69, 9.17) is 0 Å². The van der Waals surface area contributed by atoms with Crippen LogP contribution in [-0.2, 0) is 6.54 Å². The Hall–Kier alpha value is -2.43. The Morgan fingerprint density at radius 3 is 2.90 bits per heavy atom. The van der Waals surface area contributed by atoms with Crippen LogP contribution in [0.2, 0.25) is 0 Å². The third kappa shape index (κ3) is 4.87. The maximum Gasteiger partial charge on any atom is 0.252 e. The van der Waals surface area contributed by atoms with Crippen LogP contribution in [0.3, 0.4) is 0 Å². The summed E-state index contributed by atoms with van der Waals surface area (Å²) in [6, 6.07) is 5.70. The fraction of sp³-hybridized carbons (Fsp3) is 0.312. The largest absolute Gasteiger partial charge is 0.380 e. The van der Waals surface area contributed by atoms with Gasteiger partial charge in [-0.05, 0) is 24.1 Å². The third-order valence-corrected chi connectivity index (χ3v) is 3.04. The molecule has 0 unspecified atom stereocenters. The van der Waals surface area contributed by atoms with Crippen LogP contribution in [0.5, 0.6) is 0 Å². The molecular formula is C16H20N4O. The fourth-order valence-electron chi connectivity index (χ4n) is 1.85. The highest BCUT2D eigenvalue weighted by molar-refractivity contribution is 5.94. The van der Waals surface area contributed by atoms with Crippen molar-refractivity contribution in [2.75, 3.05) is 11.9 Å². The fourth-order valence-corrected chi connectivity index (χ4v) is 1.85. The molecule has 2 N–H and O–H groups in total. The van der Waals surface area contributed by atoms with Gasteiger partial charge in [0.15, 0.2) is 0 Å². The van der Waals surface area contributed by atoms with Crippen molar-refractivity contribution in [3.8, 4) is 0 Å². The molecule has 2 rings (SSSR count). The van der Waals surface area contributed by atoms with Crippen LogP contribution in [0.1, 0.15) is 35.7 Å². The van der Waals surface area contributed by atoms with Crippen molar-refractivity contribution in [3.63, 3.8) is 0 Å². The van der Waals surface area contributed by atoms with Crippen molar-refractivity contribution in [2.24, 2.45) is 0 Å². The van der Waals surface area contributed by atoms with Gasteiger partial charge in [0.05, 0.1) is 11.3 Å². The molecule has 0 fully saturated rings. The van der Waals surface area contributed by atoms with Gasteiger partial charge >= 0.3 is 0 Å². The summed E-state index contributed by atoms with van der Waals surface area (Å²) in [6.07, 6.45) is 8.88. The van der Waals surface area contributed by atoms with E-state index in [1.165, 1.54) is 0 Å². The molecule has 0 saturated carbocycles. The quantitative estimate of drug-likeness (QED) is 0.767. The number of nitrogens with one attached hydrogen (secondary N) is 2. The van der Waals surface area contributed by atoms with Gasteiger partial charge in [-0.2, -0.15) is 0 Å². The first-order valence-electron chi connectivity index (χ1n) is 7.15. The number of hydrogen-bond acceptors (Lipinski definition) is 4. The standard InChI is InChI=1S/C16H20N4O/c1-2-3-7-19-16(21)14-8-15(12-18-11-14)20-10-13-5-4-6-17-9-13/h4-6,8-9,11-12,20H,2-3,7,10H2,1H3,(H,19,21). The van der Waals surface area contributed by atoms with E-state index in [0.717, 1.165) is 24.1 Å².